The molecule has 0 rings (SSSR count). The van der Waals surface area contributed by atoms with E-state index >= 15 is 0 Å². The first-order valence-corrected chi connectivity index (χ1v) is 4.52. The summed E-state index contributed by atoms with van der Waals surface area (Å²) in [5.41, 5.74) is 0. The number of amides is 1. The first kappa shape index (κ1) is 10.2. The molecule has 60 valence electrons. The van der Waals surface area contributed by atoms with E-state index in [1.165, 1.54) is 0 Å². The first-order chi connectivity index (χ1) is 4.54. The summed E-state index contributed by atoms with van der Waals surface area (Å²) in [6.07, 6.45) is 1.09. The second-order valence-corrected chi connectivity index (χ2v) is 3.78. The summed E-state index contributed by atoms with van der Waals surface area (Å²) in [5.74, 6) is 0.679. The highest BCUT2D eigenvalue weighted by atomic mass is 127. The summed E-state index contributed by atoms with van der Waals surface area (Å²) in [5, 5.41) is 0. The van der Waals surface area contributed by atoms with E-state index in [1.54, 1.807) is 27.5 Å². The van der Waals surface area contributed by atoms with Gasteiger partial charge in [0, 0.05) is 36.2 Å². The molecule has 0 unspecified atom stereocenters. The van der Waals surface area contributed by atoms with Crippen LogP contribution in [0.1, 0.15) is 20.3 Å². The molecule has 2 nitrogen and oxygen atoms in total. The highest BCUT2D eigenvalue weighted by molar-refractivity contribution is 14.1. The second kappa shape index (κ2) is 4.93. The van der Waals surface area contributed by atoms with Gasteiger partial charge in [-0.3, -0.25) is 4.79 Å². The molecule has 1 amide bonds. The third kappa shape index (κ3) is 5.02. The monoisotopic (exact) mass is 255 g/mol. The van der Waals surface area contributed by atoms with Gasteiger partial charge < -0.3 is 4.90 Å². The van der Waals surface area contributed by atoms with Crippen LogP contribution in [0.15, 0.2) is 0 Å². The number of rotatable bonds is 3. The summed E-state index contributed by atoms with van der Waals surface area (Å²) in [6, 6.07) is 0. The average Bonchev–Trinajstić information content (AvgIpc) is 1.82. The third-order valence-corrected chi connectivity index (χ3v) is 2.17. The molecule has 0 aliphatic carbocycles. The van der Waals surface area contributed by atoms with Crippen LogP contribution in [0.4, 0.5) is 4.79 Å². The van der Waals surface area contributed by atoms with Crippen LogP contribution in [0.5, 0.6) is 0 Å². The molecule has 0 N–H and O–H groups in total. The van der Waals surface area contributed by atoms with Crippen LogP contribution in [-0.4, -0.2) is 22.4 Å². The maximum absolute atomic E-state index is 10.7. The summed E-state index contributed by atoms with van der Waals surface area (Å²) in [4.78, 5) is 12.4. The standard InChI is InChI=1S/C7H14INO/c1-6(2)4-5-9(3)7(8)10/h6H,4-5H2,1-3H3. The van der Waals surface area contributed by atoms with Crippen molar-refractivity contribution in [3.63, 3.8) is 0 Å². The minimum atomic E-state index is 0.123. The lowest BCUT2D eigenvalue weighted by Gasteiger charge is -2.14. The van der Waals surface area contributed by atoms with Crippen LogP contribution in [-0.2, 0) is 0 Å². The molecule has 10 heavy (non-hydrogen) atoms. The maximum atomic E-state index is 10.7. The zero-order valence-electron chi connectivity index (χ0n) is 6.72. The third-order valence-electron chi connectivity index (χ3n) is 1.34. The van der Waals surface area contributed by atoms with Crippen molar-refractivity contribution < 1.29 is 4.79 Å². The van der Waals surface area contributed by atoms with Gasteiger partial charge in [0.2, 0.25) is 0 Å². The number of nitrogens with zero attached hydrogens (tertiary/aromatic N) is 1. The Kier molecular flexibility index (Phi) is 5.03. The predicted molar refractivity (Wildman–Crippen MR) is 51.5 cm³/mol. The molecule has 0 spiro atoms. The van der Waals surface area contributed by atoms with E-state index in [4.69, 9.17) is 0 Å². The molecule has 0 saturated heterocycles. The summed E-state index contributed by atoms with van der Waals surface area (Å²) >= 11 is 1.80. The molecule has 0 bridgehead atoms. The van der Waals surface area contributed by atoms with Crippen LogP contribution >= 0.6 is 22.6 Å². The maximum Gasteiger partial charge on any atom is 0.282 e. The van der Waals surface area contributed by atoms with Gasteiger partial charge in [0.15, 0.2) is 0 Å². The summed E-state index contributed by atoms with van der Waals surface area (Å²) < 4.78 is 0.123. The molecule has 0 heterocycles. The highest BCUT2D eigenvalue weighted by Gasteiger charge is 2.03. The van der Waals surface area contributed by atoms with Crippen molar-refractivity contribution >= 4 is 26.5 Å². The molecule has 0 aromatic rings. The lowest BCUT2D eigenvalue weighted by atomic mass is 10.1. The van der Waals surface area contributed by atoms with Crippen LogP contribution in [0.25, 0.3) is 0 Å². The lowest BCUT2D eigenvalue weighted by Crippen LogP contribution is -2.22. The zero-order chi connectivity index (χ0) is 8.15. The molecule has 0 aliphatic rings. The van der Waals surface area contributed by atoms with Crippen molar-refractivity contribution in [3.8, 4) is 0 Å². The summed E-state index contributed by atoms with van der Waals surface area (Å²) in [6.45, 7) is 5.19. The Balaban J connectivity index is 3.40. The Morgan fingerprint density at radius 2 is 2.10 bits per heavy atom. The van der Waals surface area contributed by atoms with E-state index in [1.807, 2.05) is 7.05 Å². The fourth-order valence-electron chi connectivity index (χ4n) is 0.540. The van der Waals surface area contributed by atoms with Gasteiger partial charge in [-0.2, -0.15) is 0 Å². The molecule has 0 fully saturated rings. The normalized spacial score (nSPS) is 10.1. The molecule has 0 aliphatic heterocycles. The SMILES string of the molecule is CC(C)CCN(C)C(=O)I. The smallest absolute Gasteiger partial charge is 0.282 e. The quantitative estimate of drug-likeness (QED) is 0.431. The average molecular weight is 255 g/mol. The Labute approximate surface area is 76.1 Å². The van der Waals surface area contributed by atoms with E-state index in [0.29, 0.717) is 5.92 Å². The van der Waals surface area contributed by atoms with Gasteiger partial charge in [-0.1, -0.05) is 13.8 Å². The molecule has 0 saturated carbocycles. The minimum absolute atomic E-state index is 0.123. The largest absolute Gasteiger partial charge is 0.337 e. The number of carbonyl (C=O) groups excluding carboxylic acids is 1. The van der Waals surface area contributed by atoms with E-state index in [-0.39, 0.29) is 3.91 Å². The van der Waals surface area contributed by atoms with Crippen molar-refractivity contribution in [3.05, 3.63) is 0 Å². The van der Waals surface area contributed by atoms with Gasteiger partial charge in [-0.25, -0.2) is 0 Å². The van der Waals surface area contributed by atoms with Crippen LogP contribution in [0, 0.1) is 5.92 Å². The van der Waals surface area contributed by atoms with E-state index < -0.39 is 0 Å². The first-order valence-electron chi connectivity index (χ1n) is 3.44. The summed E-state index contributed by atoms with van der Waals surface area (Å²) in [7, 11) is 1.83. The molecule has 0 atom stereocenters. The second-order valence-electron chi connectivity index (χ2n) is 2.86. The molecule has 3 heteroatoms. The van der Waals surface area contributed by atoms with E-state index in [2.05, 4.69) is 13.8 Å². The molecular formula is C7H14INO. The van der Waals surface area contributed by atoms with Gasteiger partial charge in [0.1, 0.15) is 0 Å². The highest BCUT2D eigenvalue weighted by Crippen LogP contribution is 2.03. The van der Waals surface area contributed by atoms with Crippen LogP contribution in [0.3, 0.4) is 0 Å². The molecule has 0 aromatic heterocycles. The Hall–Kier alpha value is 0.200. The Bertz CT molecular complexity index is 114. The van der Waals surface area contributed by atoms with Crippen LogP contribution in [0.2, 0.25) is 0 Å². The van der Waals surface area contributed by atoms with Gasteiger partial charge >= 0.3 is 0 Å². The minimum Gasteiger partial charge on any atom is -0.337 e. The van der Waals surface area contributed by atoms with Crippen molar-refractivity contribution in [1.82, 2.24) is 4.90 Å². The molecular weight excluding hydrogens is 241 g/mol. The van der Waals surface area contributed by atoms with E-state index in [9.17, 15) is 4.79 Å². The zero-order valence-corrected chi connectivity index (χ0v) is 8.88. The number of carbonyl (C=O) groups is 1. The lowest BCUT2D eigenvalue weighted by molar-refractivity contribution is 0.234. The fraction of sp³-hybridized carbons (Fsp3) is 0.857. The van der Waals surface area contributed by atoms with Crippen molar-refractivity contribution in [1.29, 1.82) is 0 Å². The molecule has 0 aromatic carbocycles. The van der Waals surface area contributed by atoms with Gasteiger partial charge in [0.25, 0.3) is 3.91 Å². The number of halogens is 1. The Morgan fingerprint density at radius 3 is 2.40 bits per heavy atom. The predicted octanol–water partition coefficient (Wildman–Crippen LogP) is 2.52. The fourth-order valence-corrected chi connectivity index (χ4v) is 0.781. The van der Waals surface area contributed by atoms with Gasteiger partial charge in [0.05, 0.1) is 0 Å². The Morgan fingerprint density at radius 1 is 1.60 bits per heavy atom. The number of hydrogen-bond donors (Lipinski definition) is 0. The van der Waals surface area contributed by atoms with Crippen molar-refractivity contribution in [2.45, 2.75) is 20.3 Å². The van der Waals surface area contributed by atoms with Crippen molar-refractivity contribution in [2.24, 2.45) is 5.92 Å². The molecule has 0 radical (unpaired) electrons. The van der Waals surface area contributed by atoms with Crippen molar-refractivity contribution in [2.75, 3.05) is 13.6 Å². The van der Waals surface area contributed by atoms with Crippen LogP contribution < -0.4 is 0 Å². The van der Waals surface area contributed by atoms with Gasteiger partial charge in [-0.15, -0.1) is 0 Å². The number of hydrogen-bond acceptors (Lipinski definition) is 1. The van der Waals surface area contributed by atoms with Gasteiger partial charge in [-0.05, 0) is 12.3 Å². The van der Waals surface area contributed by atoms with E-state index in [0.717, 1.165) is 13.0 Å². The topological polar surface area (TPSA) is 20.3 Å².